The summed E-state index contributed by atoms with van der Waals surface area (Å²) in [7, 11) is 0. The van der Waals surface area contributed by atoms with Gasteiger partial charge < -0.3 is 20.7 Å². The molecule has 1 fully saturated rings. The molecule has 0 bridgehead atoms. The first-order valence-corrected chi connectivity index (χ1v) is 6.16. The highest BCUT2D eigenvalue weighted by Crippen LogP contribution is 2.18. The molecule has 0 radical (unpaired) electrons. The van der Waals surface area contributed by atoms with E-state index in [-0.39, 0.29) is 5.91 Å². The molecule has 1 aromatic rings. The van der Waals surface area contributed by atoms with Gasteiger partial charge in [-0.1, -0.05) is 0 Å². The van der Waals surface area contributed by atoms with Gasteiger partial charge in [-0.3, -0.25) is 4.79 Å². The first kappa shape index (κ1) is 12.9. The molecule has 1 saturated heterocycles. The Morgan fingerprint density at radius 2 is 1.94 bits per heavy atom. The normalized spacial score (nSPS) is 17.3. The number of ether oxygens (including phenoxy) is 1. The Labute approximate surface area is 107 Å². The van der Waals surface area contributed by atoms with Gasteiger partial charge in [0.1, 0.15) is 0 Å². The number of amides is 1. The van der Waals surface area contributed by atoms with Crippen molar-refractivity contribution >= 4 is 17.3 Å². The minimum absolute atomic E-state index is 0.172. The fourth-order valence-corrected chi connectivity index (χ4v) is 1.83. The maximum Gasteiger partial charge on any atom is 0.240 e. The van der Waals surface area contributed by atoms with Gasteiger partial charge in [-0.05, 0) is 31.2 Å². The second-order valence-electron chi connectivity index (χ2n) is 4.42. The average Bonchev–Trinajstić information content (AvgIpc) is 2.40. The number of nitrogens with zero attached hydrogens (tertiary/aromatic N) is 1. The number of nitrogens with two attached hydrogens (primary N) is 1. The highest BCUT2D eigenvalue weighted by molar-refractivity contribution is 5.94. The minimum Gasteiger partial charge on any atom is -0.378 e. The van der Waals surface area contributed by atoms with Crippen LogP contribution in [0.15, 0.2) is 24.3 Å². The van der Waals surface area contributed by atoms with Gasteiger partial charge in [0, 0.05) is 24.5 Å². The van der Waals surface area contributed by atoms with Crippen LogP contribution >= 0.6 is 0 Å². The fourth-order valence-electron chi connectivity index (χ4n) is 1.83. The molecule has 0 spiro atoms. The summed E-state index contributed by atoms with van der Waals surface area (Å²) in [6, 6.07) is 7.30. The maximum atomic E-state index is 11.4. The van der Waals surface area contributed by atoms with Crippen molar-refractivity contribution in [2.75, 3.05) is 36.5 Å². The smallest absolute Gasteiger partial charge is 0.240 e. The van der Waals surface area contributed by atoms with Gasteiger partial charge in [0.05, 0.1) is 19.3 Å². The molecule has 1 aromatic carbocycles. The van der Waals surface area contributed by atoms with Gasteiger partial charge in [0.2, 0.25) is 5.91 Å². The molecule has 1 heterocycles. The van der Waals surface area contributed by atoms with Crippen LogP contribution in [0.25, 0.3) is 0 Å². The summed E-state index contributed by atoms with van der Waals surface area (Å²) < 4.78 is 5.31. The van der Waals surface area contributed by atoms with Crippen LogP contribution in [0.1, 0.15) is 6.92 Å². The molecule has 1 aliphatic rings. The van der Waals surface area contributed by atoms with Crippen molar-refractivity contribution in [2.45, 2.75) is 13.0 Å². The first-order valence-electron chi connectivity index (χ1n) is 6.16. The quantitative estimate of drug-likeness (QED) is 0.832. The van der Waals surface area contributed by atoms with Crippen LogP contribution in [-0.2, 0) is 9.53 Å². The van der Waals surface area contributed by atoms with Crippen LogP contribution in [0.3, 0.4) is 0 Å². The van der Waals surface area contributed by atoms with E-state index in [0.29, 0.717) is 0 Å². The third kappa shape index (κ3) is 3.21. The number of anilines is 2. The predicted octanol–water partition coefficient (Wildman–Crippen LogP) is 0.809. The molecule has 3 N–H and O–H groups in total. The standard InChI is InChI=1S/C13H19N3O2/c1-10(14)13(17)15-11-2-4-12(5-3-11)16-6-8-18-9-7-16/h2-5,10H,6-9,14H2,1H3,(H,15,17)/t10-/m0/s1. The van der Waals surface area contributed by atoms with Crippen LogP contribution < -0.4 is 16.0 Å². The van der Waals surface area contributed by atoms with E-state index in [9.17, 15) is 4.79 Å². The summed E-state index contributed by atoms with van der Waals surface area (Å²) in [5.74, 6) is -0.172. The van der Waals surface area contributed by atoms with Crippen molar-refractivity contribution < 1.29 is 9.53 Å². The molecule has 1 aliphatic heterocycles. The number of hydrogen-bond acceptors (Lipinski definition) is 4. The lowest BCUT2D eigenvalue weighted by Gasteiger charge is -2.28. The Morgan fingerprint density at radius 3 is 2.50 bits per heavy atom. The van der Waals surface area contributed by atoms with Crippen LogP contribution in [0.2, 0.25) is 0 Å². The molecule has 5 nitrogen and oxygen atoms in total. The van der Waals surface area contributed by atoms with E-state index in [4.69, 9.17) is 10.5 Å². The summed E-state index contributed by atoms with van der Waals surface area (Å²) in [5.41, 5.74) is 7.42. The lowest BCUT2D eigenvalue weighted by Crippen LogP contribution is -2.36. The molecular formula is C13H19N3O2. The number of morpholine rings is 1. The minimum atomic E-state index is -0.496. The largest absolute Gasteiger partial charge is 0.378 e. The van der Waals surface area contributed by atoms with Crippen LogP contribution in [-0.4, -0.2) is 38.3 Å². The van der Waals surface area contributed by atoms with E-state index in [2.05, 4.69) is 10.2 Å². The monoisotopic (exact) mass is 249 g/mol. The van der Waals surface area contributed by atoms with E-state index in [1.165, 1.54) is 0 Å². The van der Waals surface area contributed by atoms with E-state index in [0.717, 1.165) is 37.7 Å². The van der Waals surface area contributed by atoms with Crippen molar-refractivity contribution in [3.63, 3.8) is 0 Å². The van der Waals surface area contributed by atoms with Gasteiger partial charge in [-0.2, -0.15) is 0 Å². The zero-order valence-electron chi connectivity index (χ0n) is 10.6. The van der Waals surface area contributed by atoms with Crippen molar-refractivity contribution in [3.8, 4) is 0 Å². The Morgan fingerprint density at radius 1 is 1.33 bits per heavy atom. The molecule has 0 saturated carbocycles. The lowest BCUT2D eigenvalue weighted by atomic mass is 10.2. The Kier molecular flexibility index (Phi) is 4.17. The third-order valence-electron chi connectivity index (χ3n) is 2.92. The second-order valence-corrected chi connectivity index (χ2v) is 4.42. The molecule has 0 unspecified atom stereocenters. The predicted molar refractivity (Wildman–Crippen MR) is 71.8 cm³/mol. The zero-order valence-corrected chi connectivity index (χ0v) is 10.6. The molecule has 2 rings (SSSR count). The van der Waals surface area contributed by atoms with Crippen molar-refractivity contribution in [2.24, 2.45) is 5.73 Å². The highest BCUT2D eigenvalue weighted by Gasteiger charge is 2.11. The summed E-state index contributed by atoms with van der Waals surface area (Å²) in [6.45, 7) is 5.01. The van der Waals surface area contributed by atoms with E-state index in [1.54, 1.807) is 6.92 Å². The summed E-state index contributed by atoms with van der Waals surface area (Å²) in [4.78, 5) is 13.7. The fraction of sp³-hybridized carbons (Fsp3) is 0.462. The van der Waals surface area contributed by atoms with Gasteiger partial charge in [0.25, 0.3) is 0 Å². The average molecular weight is 249 g/mol. The third-order valence-corrected chi connectivity index (χ3v) is 2.92. The second kappa shape index (κ2) is 5.84. The Hall–Kier alpha value is -1.59. The molecule has 18 heavy (non-hydrogen) atoms. The molecule has 1 atom stereocenters. The van der Waals surface area contributed by atoms with Crippen LogP contribution in [0.5, 0.6) is 0 Å². The number of nitrogens with one attached hydrogen (secondary N) is 1. The molecular weight excluding hydrogens is 230 g/mol. The number of rotatable bonds is 3. The van der Waals surface area contributed by atoms with Gasteiger partial charge in [0.15, 0.2) is 0 Å². The van der Waals surface area contributed by atoms with Crippen molar-refractivity contribution in [1.82, 2.24) is 0 Å². The summed E-state index contributed by atoms with van der Waals surface area (Å²) >= 11 is 0. The van der Waals surface area contributed by atoms with Gasteiger partial charge >= 0.3 is 0 Å². The zero-order chi connectivity index (χ0) is 13.0. The van der Waals surface area contributed by atoms with Crippen LogP contribution in [0, 0.1) is 0 Å². The first-order chi connectivity index (χ1) is 8.66. The van der Waals surface area contributed by atoms with E-state index >= 15 is 0 Å². The van der Waals surface area contributed by atoms with Crippen LogP contribution in [0.4, 0.5) is 11.4 Å². The highest BCUT2D eigenvalue weighted by atomic mass is 16.5. The molecule has 5 heteroatoms. The molecule has 0 aliphatic carbocycles. The topological polar surface area (TPSA) is 67.6 Å². The summed E-state index contributed by atoms with van der Waals surface area (Å²) in [5, 5.41) is 2.76. The van der Waals surface area contributed by atoms with E-state index in [1.807, 2.05) is 24.3 Å². The van der Waals surface area contributed by atoms with Crippen molar-refractivity contribution in [1.29, 1.82) is 0 Å². The van der Waals surface area contributed by atoms with Gasteiger partial charge in [-0.15, -0.1) is 0 Å². The number of benzene rings is 1. The van der Waals surface area contributed by atoms with Gasteiger partial charge in [-0.25, -0.2) is 0 Å². The Bertz CT molecular complexity index is 397. The number of carbonyl (C=O) groups is 1. The van der Waals surface area contributed by atoms with Crippen molar-refractivity contribution in [3.05, 3.63) is 24.3 Å². The lowest BCUT2D eigenvalue weighted by molar-refractivity contribution is -0.117. The maximum absolute atomic E-state index is 11.4. The SMILES string of the molecule is C[C@H](N)C(=O)Nc1ccc(N2CCOCC2)cc1. The Balaban J connectivity index is 1.98. The number of hydrogen-bond donors (Lipinski definition) is 2. The molecule has 1 amide bonds. The summed E-state index contributed by atoms with van der Waals surface area (Å²) in [6.07, 6.45) is 0. The number of carbonyl (C=O) groups excluding carboxylic acids is 1. The molecule has 0 aromatic heterocycles. The van der Waals surface area contributed by atoms with E-state index < -0.39 is 6.04 Å². The molecule has 98 valence electrons.